The first kappa shape index (κ1) is 15.7. The zero-order chi connectivity index (χ0) is 14.4. The van der Waals surface area contributed by atoms with Gasteiger partial charge >= 0.3 is 5.97 Å². The second-order valence-electron chi connectivity index (χ2n) is 6.30. The van der Waals surface area contributed by atoms with Crippen molar-refractivity contribution >= 4 is 5.97 Å². The fraction of sp³-hybridized carbons (Fsp3) is 0.933. The molecule has 116 valence electrons. The van der Waals surface area contributed by atoms with Crippen molar-refractivity contribution in [3.8, 4) is 0 Å². The van der Waals surface area contributed by atoms with Gasteiger partial charge in [0.1, 0.15) is 0 Å². The Morgan fingerprint density at radius 1 is 1.45 bits per heavy atom. The summed E-state index contributed by atoms with van der Waals surface area (Å²) >= 11 is 0. The van der Waals surface area contributed by atoms with Crippen LogP contribution in [0.25, 0.3) is 0 Å². The number of carboxylic acids is 1. The molecule has 2 fully saturated rings. The molecule has 3 atom stereocenters. The first-order valence-electron chi connectivity index (χ1n) is 7.76. The number of carboxylic acid groups (broad SMARTS) is 1. The summed E-state index contributed by atoms with van der Waals surface area (Å²) in [6.07, 6.45) is 5.19. The molecule has 5 heteroatoms. The van der Waals surface area contributed by atoms with Gasteiger partial charge in [-0.05, 0) is 38.1 Å². The van der Waals surface area contributed by atoms with E-state index >= 15 is 0 Å². The van der Waals surface area contributed by atoms with Crippen LogP contribution >= 0.6 is 0 Å². The van der Waals surface area contributed by atoms with E-state index in [4.69, 9.17) is 14.6 Å². The zero-order valence-corrected chi connectivity index (χ0v) is 12.4. The molecule has 5 nitrogen and oxygen atoms in total. The molecule has 2 rings (SSSR count). The van der Waals surface area contributed by atoms with Gasteiger partial charge in [-0.1, -0.05) is 6.92 Å². The van der Waals surface area contributed by atoms with Gasteiger partial charge < -0.3 is 19.9 Å². The van der Waals surface area contributed by atoms with Crippen molar-refractivity contribution < 1.29 is 19.4 Å². The minimum Gasteiger partial charge on any atom is -0.481 e. The Bertz CT molecular complexity index is 315. The van der Waals surface area contributed by atoms with Gasteiger partial charge in [0.05, 0.1) is 12.2 Å². The maximum atomic E-state index is 10.5. The third kappa shape index (κ3) is 4.72. The minimum atomic E-state index is -0.697. The zero-order valence-electron chi connectivity index (χ0n) is 12.4. The number of hydrogen-bond donors (Lipinski definition) is 2. The summed E-state index contributed by atoms with van der Waals surface area (Å²) in [5.41, 5.74) is -0.0369. The minimum absolute atomic E-state index is 0.0369. The first-order valence-corrected chi connectivity index (χ1v) is 7.76. The van der Waals surface area contributed by atoms with E-state index in [1.807, 2.05) is 0 Å². The van der Waals surface area contributed by atoms with Crippen molar-refractivity contribution in [2.24, 2.45) is 5.92 Å². The molecule has 2 N–H and O–H groups in total. The Labute approximate surface area is 121 Å². The average Bonchev–Trinajstić information content (AvgIpc) is 2.84. The SMILES string of the molecule is CC(CCNC1CCOC2(CCOC2)C1)CCC(=O)O. The third-order valence-corrected chi connectivity index (χ3v) is 4.48. The van der Waals surface area contributed by atoms with Crippen LogP contribution in [0.15, 0.2) is 0 Å². The fourth-order valence-corrected chi connectivity index (χ4v) is 3.11. The van der Waals surface area contributed by atoms with Crippen LogP contribution in [0, 0.1) is 5.92 Å². The lowest BCUT2D eigenvalue weighted by atomic mass is 9.89. The van der Waals surface area contributed by atoms with Gasteiger partial charge in [0.15, 0.2) is 0 Å². The lowest BCUT2D eigenvalue weighted by Gasteiger charge is -2.37. The van der Waals surface area contributed by atoms with Crippen LogP contribution in [0.1, 0.15) is 45.4 Å². The Balaban J connectivity index is 1.62. The van der Waals surface area contributed by atoms with Gasteiger partial charge in [-0.25, -0.2) is 0 Å². The van der Waals surface area contributed by atoms with Crippen LogP contribution in [0.5, 0.6) is 0 Å². The summed E-state index contributed by atoms with van der Waals surface area (Å²) < 4.78 is 11.4. The topological polar surface area (TPSA) is 67.8 Å². The van der Waals surface area contributed by atoms with Crippen molar-refractivity contribution in [3.63, 3.8) is 0 Å². The van der Waals surface area contributed by atoms with Gasteiger partial charge in [0.25, 0.3) is 0 Å². The van der Waals surface area contributed by atoms with E-state index in [2.05, 4.69) is 12.2 Å². The normalized spacial score (nSPS) is 31.6. The maximum Gasteiger partial charge on any atom is 0.303 e. The molecule has 0 aromatic carbocycles. The van der Waals surface area contributed by atoms with Crippen molar-refractivity contribution in [1.29, 1.82) is 0 Å². The van der Waals surface area contributed by atoms with E-state index < -0.39 is 5.97 Å². The number of hydrogen-bond acceptors (Lipinski definition) is 4. The van der Waals surface area contributed by atoms with E-state index in [-0.39, 0.29) is 12.0 Å². The molecule has 1 spiro atoms. The highest BCUT2D eigenvalue weighted by Crippen LogP contribution is 2.32. The molecule has 20 heavy (non-hydrogen) atoms. The van der Waals surface area contributed by atoms with Crippen LogP contribution < -0.4 is 5.32 Å². The predicted octanol–water partition coefficient (Wildman–Crippen LogP) is 1.81. The second kappa shape index (κ2) is 7.38. The van der Waals surface area contributed by atoms with Crippen molar-refractivity contribution in [1.82, 2.24) is 5.32 Å². The number of aliphatic carboxylic acids is 1. The highest BCUT2D eigenvalue weighted by Gasteiger charge is 2.40. The highest BCUT2D eigenvalue weighted by molar-refractivity contribution is 5.66. The van der Waals surface area contributed by atoms with Gasteiger partial charge in [0, 0.05) is 32.1 Å². The monoisotopic (exact) mass is 285 g/mol. The fourth-order valence-electron chi connectivity index (χ4n) is 3.11. The van der Waals surface area contributed by atoms with Crippen LogP contribution in [-0.4, -0.2) is 49.1 Å². The Morgan fingerprint density at radius 3 is 3.00 bits per heavy atom. The third-order valence-electron chi connectivity index (χ3n) is 4.48. The number of nitrogens with one attached hydrogen (secondary N) is 1. The number of ether oxygens (including phenoxy) is 2. The molecule has 0 amide bonds. The van der Waals surface area contributed by atoms with Crippen LogP contribution in [0.4, 0.5) is 0 Å². The number of carbonyl (C=O) groups is 1. The summed E-state index contributed by atoms with van der Waals surface area (Å²) in [7, 11) is 0. The smallest absolute Gasteiger partial charge is 0.303 e. The van der Waals surface area contributed by atoms with E-state index in [1.54, 1.807) is 0 Å². The molecule has 2 heterocycles. The predicted molar refractivity (Wildman–Crippen MR) is 75.8 cm³/mol. The molecular weight excluding hydrogens is 258 g/mol. The van der Waals surface area contributed by atoms with Crippen molar-refractivity contribution in [2.75, 3.05) is 26.4 Å². The Kier molecular flexibility index (Phi) is 5.81. The first-order chi connectivity index (χ1) is 9.60. The summed E-state index contributed by atoms with van der Waals surface area (Å²) in [5, 5.41) is 12.3. The highest BCUT2D eigenvalue weighted by atomic mass is 16.6. The molecule has 2 aliphatic rings. The van der Waals surface area contributed by atoms with Gasteiger partial charge in [-0.2, -0.15) is 0 Å². The van der Waals surface area contributed by atoms with Crippen LogP contribution in [0.3, 0.4) is 0 Å². The standard InChI is InChI=1S/C15H27NO4/c1-12(2-3-14(17)18)4-7-16-13-5-8-20-15(10-13)6-9-19-11-15/h12-13,16H,2-11H2,1H3,(H,17,18). The van der Waals surface area contributed by atoms with Gasteiger partial charge in [-0.3, -0.25) is 4.79 Å². The number of rotatable bonds is 7. The molecular formula is C15H27NO4. The molecule has 0 saturated carbocycles. The van der Waals surface area contributed by atoms with Crippen molar-refractivity contribution in [2.45, 2.75) is 57.1 Å². The van der Waals surface area contributed by atoms with Gasteiger partial charge in [0.2, 0.25) is 0 Å². The second-order valence-corrected chi connectivity index (χ2v) is 6.30. The molecule has 0 aromatic rings. The average molecular weight is 285 g/mol. The molecule has 2 aliphatic heterocycles. The Hall–Kier alpha value is -0.650. The van der Waals surface area contributed by atoms with E-state index in [9.17, 15) is 4.79 Å². The summed E-state index contributed by atoms with van der Waals surface area (Å²) in [4.78, 5) is 10.5. The van der Waals surface area contributed by atoms with Gasteiger partial charge in [-0.15, -0.1) is 0 Å². The van der Waals surface area contributed by atoms with E-state index in [0.29, 0.717) is 12.0 Å². The molecule has 2 saturated heterocycles. The lowest BCUT2D eigenvalue weighted by Crippen LogP contribution is -2.47. The van der Waals surface area contributed by atoms with Crippen LogP contribution in [-0.2, 0) is 14.3 Å². The maximum absolute atomic E-state index is 10.5. The molecule has 0 radical (unpaired) electrons. The molecule has 0 bridgehead atoms. The molecule has 3 unspecified atom stereocenters. The summed E-state index contributed by atoms with van der Waals surface area (Å²) in [6, 6.07) is 0.511. The van der Waals surface area contributed by atoms with E-state index in [0.717, 1.165) is 58.5 Å². The summed E-state index contributed by atoms with van der Waals surface area (Å²) in [5.74, 6) is -0.236. The Morgan fingerprint density at radius 2 is 2.30 bits per heavy atom. The van der Waals surface area contributed by atoms with Crippen LogP contribution in [0.2, 0.25) is 0 Å². The largest absolute Gasteiger partial charge is 0.481 e. The lowest BCUT2D eigenvalue weighted by molar-refractivity contribution is -0.137. The summed E-state index contributed by atoms with van der Waals surface area (Å²) in [6.45, 7) is 5.46. The molecule has 0 aliphatic carbocycles. The molecule has 0 aromatic heterocycles. The van der Waals surface area contributed by atoms with Crippen molar-refractivity contribution in [3.05, 3.63) is 0 Å². The quantitative estimate of drug-likeness (QED) is 0.746. The van der Waals surface area contributed by atoms with E-state index in [1.165, 1.54) is 0 Å².